The van der Waals surface area contributed by atoms with Crippen molar-refractivity contribution in [2.75, 3.05) is 7.11 Å². The maximum atomic E-state index is 13.4. The molecule has 2 aromatic carbocycles. The molecule has 6 rings (SSSR count). The molecule has 7 nitrogen and oxygen atoms in total. The van der Waals surface area contributed by atoms with E-state index in [9.17, 15) is 9.59 Å². The van der Waals surface area contributed by atoms with Gasteiger partial charge in [0.25, 0.3) is 5.56 Å². The first-order valence-corrected chi connectivity index (χ1v) is 11.1. The fraction of sp³-hybridized carbons (Fsp3) is 0.167. The van der Waals surface area contributed by atoms with Gasteiger partial charge in [-0.2, -0.15) is 4.68 Å². The van der Waals surface area contributed by atoms with Gasteiger partial charge in [-0.25, -0.2) is 9.97 Å². The molecule has 0 bridgehead atoms. The van der Waals surface area contributed by atoms with E-state index in [2.05, 4.69) is 15.1 Å². The zero-order chi connectivity index (χ0) is 21.8. The number of H-pyrrole nitrogens is 1. The Labute approximate surface area is 186 Å². The first kappa shape index (κ1) is 18.9. The van der Waals surface area contributed by atoms with Gasteiger partial charge < -0.3 is 4.74 Å². The smallest absolute Gasteiger partial charge is 0.283 e. The van der Waals surface area contributed by atoms with Gasteiger partial charge in [0, 0.05) is 18.2 Å². The molecule has 1 atom stereocenters. The number of ketones is 1. The predicted octanol–water partition coefficient (Wildman–Crippen LogP) is 4.24. The van der Waals surface area contributed by atoms with Crippen LogP contribution in [0.1, 0.15) is 33.8 Å². The molecule has 32 heavy (non-hydrogen) atoms. The molecule has 8 heteroatoms. The van der Waals surface area contributed by atoms with Crippen LogP contribution in [0.3, 0.4) is 0 Å². The first-order valence-electron chi connectivity index (χ1n) is 10.3. The highest BCUT2D eigenvalue weighted by molar-refractivity contribution is 7.20. The molecule has 0 spiro atoms. The van der Waals surface area contributed by atoms with E-state index in [1.165, 1.54) is 16.0 Å². The van der Waals surface area contributed by atoms with Gasteiger partial charge in [0.1, 0.15) is 5.75 Å². The minimum absolute atomic E-state index is 0.00305. The number of nitrogens with zero attached hydrogens (tertiary/aromatic N) is 3. The van der Waals surface area contributed by atoms with Gasteiger partial charge in [-0.1, -0.05) is 35.6 Å². The summed E-state index contributed by atoms with van der Waals surface area (Å²) in [7, 11) is 1.63. The number of carbonyl (C=O) groups excluding carboxylic acids is 1. The average molecular weight is 443 g/mol. The van der Waals surface area contributed by atoms with Crippen molar-refractivity contribution >= 4 is 38.4 Å². The molecule has 1 aliphatic carbocycles. The van der Waals surface area contributed by atoms with Crippen LogP contribution >= 0.6 is 11.3 Å². The third-order valence-electron chi connectivity index (χ3n) is 6.06. The number of nitrogens with one attached hydrogen (secondary N) is 1. The number of fused-ring (bicyclic) bond motifs is 4. The van der Waals surface area contributed by atoms with E-state index in [4.69, 9.17) is 4.74 Å². The molecule has 0 fully saturated rings. The molecule has 3 aromatic heterocycles. The lowest BCUT2D eigenvalue weighted by Crippen LogP contribution is -2.22. The Morgan fingerprint density at radius 1 is 1.09 bits per heavy atom. The number of carbonyl (C=O) groups is 1. The molecule has 0 saturated heterocycles. The standard InChI is InChI=1S/C24H18N4O3S/c1-31-15-8-6-13(7-9-15)14-10-16-17(19(29)11-14)12-25-22-21(16)23(30)28(27-22)24-26-18-4-2-3-5-20(18)32-24/h2-9,12,14H,10-11H2,1H3,(H,25,27). The van der Waals surface area contributed by atoms with Crippen molar-refractivity contribution < 1.29 is 9.53 Å². The number of hydrogen-bond acceptors (Lipinski definition) is 6. The second-order valence-electron chi connectivity index (χ2n) is 7.89. The van der Waals surface area contributed by atoms with Crippen LogP contribution in [0.15, 0.2) is 59.5 Å². The number of ether oxygens (including phenoxy) is 1. The summed E-state index contributed by atoms with van der Waals surface area (Å²) in [5.74, 6) is 0.776. The van der Waals surface area contributed by atoms with E-state index in [1.807, 2.05) is 48.5 Å². The number of methoxy groups -OCH3 is 1. The number of aromatic nitrogens is 4. The van der Waals surface area contributed by atoms with Crippen molar-refractivity contribution in [2.24, 2.45) is 0 Å². The van der Waals surface area contributed by atoms with Gasteiger partial charge in [-0.3, -0.25) is 14.7 Å². The van der Waals surface area contributed by atoms with E-state index < -0.39 is 0 Å². The Bertz CT molecular complexity index is 1530. The normalized spacial score (nSPS) is 15.9. The molecule has 1 aliphatic rings. The Balaban J connectivity index is 1.48. The maximum absolute atomic E-state index is 13.4. The zero-order valence-corrected chi connectivity index (χ0v) is 18.0. The summed E-state index contributed by atoms with van der Waals surface area (Å²) in [6.45, 7) is 0. The highest BCUT2D eigenvalue weighted by atomic mass is 32.1. The predicted molar refractivity (Wildman–Crippen MR) is 123 cm³/mol. The lowest BCUT2D eigenvalue weighted by molar-refractivity contribution is 0.0964. The van der Waals surface area contributed by atoms with Crippen molar-refractivity contribution in [3.63, 3.8) is 0 Å². The molecular formula is C24H18N4O3S. The molecule has 158 valence electrons. The summed E-state index contributed by atoms with van der Waals surface area (Å²) < 4.78 is 7.68. The molecule has 5 aromatic rings. The Hall–Kier alpha value is -3.78. The molecule has 0 saturated carbocycles. The van der Waals surface area contributed by atoms with Crippen LogP contribution in [0.5, 0.6) is 5.75 Å². The van der Waals surface area contributed by atoms with Crippen molar-refractivity contribution in [1.82, 2.24) is 19.7 Å². The average Bonchev–Trinajstić information content (AvgIpc) is 3.40. The van der Waals surface area contributed by atoms with Crippen LogP contribution in [0, 0.1) is 0 Å². The number of hydrogen-bond donors (Lipinski definition) is 1. The lowest BCUT2D eigenvalue weighted by atomic mass is 9.79. The first-order chi connectivity index (χ1) is 15.6. The van der Waals surface area contributed by atoms with Crippen LogP contribution in [0.4, 0.5) is 0 Å². The molecular weight excluding hydrogens is 424 g/mol. The van der Waals surface area contributed by atoms with Crippen molar-refractivity contribution in [1.29, 1.82) is 0 Å². The SMILES string of the molecule is COc1ccc(C2CC(=O)c3cnc4[nH]n(-c5nc6ccccc6s5)c(=O)c4c3C2)cc1. The third kappa shape index (κ3) is 2.87. The summed E-state index contributed by atoms with van der Waals surface area (Å²) >= 11 is 1.43. The Kier molecular flexibility index (Phi) is 4.22. The van der Waals surface area contributed by atoms with E-state index in [0.717, 1.165) is 27.1 Å². The number of benzene rings is 2. The van der Waals surface area contributed by atoms with Gasteiger partial charge in [0.15, 0.2) is 11.4 Å². The third-order valence-corrected chi connectivity index (χ3v) is 7.09. The largest absolute Gasteiger partial charge is 0.497 e. The minimum Gasteiger partial charge on any atom is -0.497 e. The second kappa shape index (κ2) is 7.13. The summed E-state index contributed by atoms with van der Waals surface area (Å²) in [6.07, 6.45) is 2.57. The van der Waals surface area contributed by atoms with Crippen molar-refractivity contribution in [3.05, 3.63) is 81.8 Å². The van der Waals surface area contributed by atoms with Gasteiger partial charge in [0.05, 0.1) is 22.7 Å². The molecule has 1 unspecified atom stereocenters. The number of para-hydroxylation sites is 1. The topological polar surface area (TPSA) is 89.9 Å². The van der Waals surface area contributed by atoms with Crippen LogP contribution in [-0.4, -0.2) is 32.6 Å². The van der Waals surface area contributed by atoms with E-state index >= 15 is 0 Å². The fourth-order valence-electron chi connectivity index (χ4n) is 4.44. The highest BCUT2D eigenvalue weighted by Gasteiger charge is 2.30. The molecule has 3 heterocycles. The van der Waals surface area contributed by atoms with Gasteiger partial charge >= 0.3 is 0 Å². The van der Waals surface area contributed by atoms with E-state index in [-0.39, 0.29) is 17.3 Å². The summed E-state index contributed by atoms with van der Waals surface area (Å²) in [5.41, 5.74) is 3.42. The van der Waals surface area contributed by atoms with Crippen LogP contribution in [-0.2, 0) is 6.42 Å². The fourth-order valence-corrected chi connectivity index (χ4v) is 5.36. The quantitative estimate of drug-likeness (QED) is 0.451. The van der Waals surface area contributed by atoms with Crippen molar-refractivity contribution in [2.45, 2.75) is 18.8 Å². The molecule has 0 aliphatic heterocycles. The minimum atomic E-state index is -0.230. The zero-order valence-electron chi connectivity index (χ0n) is 17.2. The lowest BCUT2D eigenvalue weighted by Gasteiger charge is -2.24. The Morgan fingerprint density at radius 2 is 1.91 bits per heavy atom. The molecule has 1 N–H and O–H groups in total. The van der Waals surface area contributed by atoms with Crippen LogP contribution < -0.4 is 10.3 Å². The summed E-state index contributed by atoms with van der Waals surface area (Å²) in [4.78, 5) is 35.4. The maximum Gasteiger partial charge on any atom is 0.283 e. The number of Topliss-reactive ketones (excluding diaryl/α,β-unsaturated/α-hetero) is 1. The highest BCUT2D eigenvalue weighted by Crippen LogP contribution is 2.35. The van der Waals surface area contributed by atoms with Crippen LogP contribution in [0.2, 0.25) is 0 Å². The molecule has 0 amide bonds. The second-order valence-corrected chi connectivity index (χ2v) is 8.90. The van der Waals surface area contributed by atoms with Gasteiger partial charge in [0.2, 0.25) is 5.13 Å². The van der Waals surface area contributed by atoms with Gasteiger partial charge in [-0.15, -0.1) is 0 Å². The monoisotopic (exact) mass is 442 g/mol. The van der Waals surface area contributed by atoms with Crippen LogP contribution in [0.25, 0.3) is 26.4 Å². The summed E-state index contributed by atoms with van der Waals surface area (Å²) in [5, 5.41) is 4.11. The number of rotatable bonds is 3. The number of thiazole rings is 1. The van der Waals surface area contributed by atoms with Crippen molar-refractivity contribution in [3.8, 4) is 10.9 Å². The molecule has 0 radical (unpaired) electrons. The summed E-state index contributed by atoms with van der Waals surface area (Å²) in [6, 6.07) is 15.5. The van der Waals surface area contributed by atoms with E-state index in [1.54, 1.807) is 13.3 Å². The number of aromatic amines is 1. The number of pyridine rings is 1. The van der Waals surface area contributed by atoms with E-state index in [0.29, 0.717) is 34.6 Å². The Morgan fingerprint density at radius 3 is 2.69 bits per heavy atom. The van der Waals surface area contributed by atoms with Gasteiger partial charge in [-0.05, 0) is 47.7 Å².